The SMILES string of the molecule is CCNC(=S)N1c2ccccc2C(C(=O)O)CC1C. The lowest BCUT2D eigenvalue weighted by molar-refractivity contribution is -0.139. The van der Waals surface area contributed by atoms with Crippen LogP contribution in [0.25, 0.3) is 0 Å². The van der Waals surface area contributed by atoms with Crippen molar-refractivity contribution in [2.24, 2.45) is 0 Å². The minimum atomic E-state index is -0.770. The fraction of sp³-hybridized carbons (Fsp3) is 0.429. The molecule has 5 heteroatoms. The zero-order valence-electron chi connectivity index (χ0n) is 11.1. The van der Waals surface area contributed by atoms with E-state index in [0.29, 0.717) is 11.5 Å². The van der Waals surface area contributed by atoms with Gasteiger partial charge in [-0.15, -0.1) is 0 Å². The van der Waals surface area contributed by atoms with Gasteiger partial charge in [-0.3, -0.25) is 4.79 Å². The largest absolute Gasteiger partial charge is 0.481 e. The van der Waals surface area contributed by atoms with Crippen molar-refractivity contribution in [3.63, 3.8) is 0 Å². The topological polar surface area (TPSA) is 52.6 Å². The Morgan fingerprint density at radius 2 is 2.21 bits per heavy atom. The van der Waals surface area contributed by atoms with Gasteiger partial charge in [0.05, 0.1) is 5.92 Å². The number of nitrogens with one attached hydrogen (secondary N) is 1. The molecule has 1 aliphatic heterocycles. The maximum Gasteiger partial charge on any atom is 0.311 e. The van der Waals surface area contributed by atoms with Crippen LogP contribution in [0.5, 0.6) is 0 Å². The van der Waals surface area contributed by atoms with Crippen molar-refractivity contribution in [3.05, 3.63) is 29.8 Å². The zero-order chi connectivity index (χ0) is 14.0. The van der Waals surface area contributed by atoms with Gasteiger partial charge in [0.1, 0.15) is 0 Å². The van der Waals surface area contributed by atoms with Gasteiger partial charge in [-0.05, 0) is 44.1 Å². The summed E-state index contributed by atoms with van der Waals surface area (Å²) in [7, 11) is 0. The van der Waals surface area contributed by atoms with Gasteiger partial charge in [-0.1, -0.05) is 18.2 Å². The number of para-hydroxylation sites is 1. The molecule has 0 bridgehead atoms. The second-order valence-electron chi connectivity index (χ2n) is 4.74. The van der Waals surface area contributed by atoms with E-state index in [4.69, 9.17) is 12.2 Å². The van der Waals surface area contributed by atoms with E-state index in [-0.39, 0.29) is 6.04 Å². The first-order valence-electron chi connectivity index (χ1n) is 6.45. The summed E-state index contributed by atoms with van der Waals surface area (Å²) in [6, 6.07) is 7.67. The van der Waals surface area contributed by atoms with Crippen LogP contribution in [0.3, 0.4) is 0 Å². The summed E-state index contributed by atoms with van der Waals surface area (Å²) < 4.78 is 0. The van der Waals surface area contributed by atoms with Crippen molar-refractivity contribution in [2.45, 2.75) is 32.2 Å². The minimum absolute atomic E-state index is 0.0718. The van der Waals surface area contributed by atoms with Gasteiger partial charge < -0.3 is 15.3 Å². The number of carboxylic acids is 1. The number of thiocarbonyl (C=S) groups is 1. The first-order valence-corrected chi connectivity index (χ1v) is 6.85. The van der Waals surface area contributed by atoms with Gasteiger partial charge in [-0.25, -0.2) is 0 Å². The quantitative estimate of drug-likeness (QED) is 0.813. The minimum Gasteiger partial charge on any atom is -0.481 e. The summed E-state index contributed by atoms with van der Waals surface area (Å²) in [5.41, 5.74) is 1.74. The molecule has 1 aliphatic rings. The van der Waals surface area contributed by atoms with Crippen LogP contribution in [-0.2, 0) is 4.79 Å². The Hall–Kier alpha value is -1.62. The van der Waals surface area contributed by atoms with Gasteiger partial charge >= 0.3 is 5.97 Å². The number of rotatable bonds is 2. The second-order valence-corrected chi connectivity index (χ2v) is 5.13. The molecular weight excluding hydrogens is 260 g/mol. The highest BCUT2D eigenvalue weighted by atomic mass is 32.1. The van der Waals surface area contributed by atoms with Crippen molar-refractivity contribution in [1.82, 2.24) is 5.32 Å². The number of aliphatic carboxylic acids is 1. The number of carboxylic acid groups (broad SMARTS) is 1. The molecule has 0 aromatic heterocycles. The van der Waals surface area contributed by atoms with E-state index in [1.807, 2.05) is 43.0 Å². The summed E-state index contributed by atoms with van der Waals surface area (Å²) in [5.74, 6) is -1.22. The van der Waals surface area contributed by atoms with Crippen molar-refractivity contribution >= 4 is 29.0 Å². The van der Waals surface area contributed by atoms with Crippen LogP contribution in [0.2, 0.25) is 0 Å². The lowest BCUT2D eigenvalue weighted by Crippen LogP contribution is -2.48. The number of hydrogen-bond acceptors (Lipinski definition) is 2. The molecule has 0 amide bonds. The molecule has 0 radical (unpaired) electrons. The third-order valence-corrected chi connectivity index (χ3v) is 3.78. The Kier molecular flexibility index (Phi) is 4.04. The van der Waals surface area contributed by atoms with Crippen LogP contribution in [-0.4, -0.2) is 28.8 Å². The predicted octanol–water partition coefficient (Wildman–Crippen LogP) is 2.35. The normalized spacial score (nSPS) is 21.7. The van der Waals surface area contributed by atoms with E-state index in [1.54, 1.807) is 0 Å². The van der Waals surface area contributed by atoms with Gasteiger partial charge in [0, 0.05) is 18.3 Å². The molecule has 0 aliphatic carbocycles. The fourth-order valence-corrected chi connectivity index (χ4v) is 3.01. The summed E-state index contributed by atoms with van der Waals surface area (Å²) in [5, 5.41) is 13.2. The molecule has 2 unspecified atom stereocenters. The molecule has 19 heavy (non-hydrogen) atoms. The standard InChI is InChI=1S/C14H18N2O2S/c1-3-15-14(19)16-9(2)8-11(13(17)18)10-6-4-5-7-12(10)16/h4-7,9,11H,3,8H2,1-2H3,(H,15,19)(H,17,18). The molecule has 2 N–H and O–H groups in total. The molecule has 0 fully saturated rings. The Morgan fingerprint density at radius 1 is 1.53 bits per heavy atom. The molecule has 0 saturated heterocycles. The lowest BCUT2D eigenvalue weighted by atomic mass is 9.86. The van der Waals surface area contributed by atoms with Crippen molar-refractivity contribution < 1.29 is 9.90 Å². The summed E-state index contributed by atoms with van der Waals surface area (Å²) in [6.07, 6.45) is 0.567. The van der Waals surface area contributed by atoms with Crippen molar-refractivity contribution in [3.8, 4) is 0 Å². The average Bonchev–Trinajstić information content (AvgIpc) is 2.37. The van der Waals surface area contributed by atoms with Gasteiger partial charge in [-0.2, -0.15) is 0 Å². The highest BCUT2D eigenvalue weighted by molar-refractivity contribution is 7.80. The van der Waals surface area contributed by atoms with Crippen LogP contribution in [0.1, 0.15) is 31.7 Å². The van der Waals surface area contributed by atoms with Gasteiger partial charge in [0.2, 0.25) is 0 Å². The molecule has 0 saturated carbocycles. The molecule has 0 spiro atoms. The van der Waals surface area contributed by atoms with Gasteiger partial charge in [0.25, 0.3) is 0 Å². The van der Waals surface area contributed by atoms with E-state index in [0.717, 1.165) is 17.8 Å². The van der Waals surface area contributed by atoms with E-state index in [9.17, 15) is 9.90 Å². The Morgan fingerprint density at radius 3 is 2.84 bits per heavy atom. The monoisotopic (exact) mass is 278 g/mol. The molecule has 102 valence electrons. The average molecular weight is 278 g/mol. The first kappa shape index (κ1) is 13.8. The third kappa shape index (κ3) is 2.56. The molecule has 2 atom stereocenters. The molecule has 4 nitrogen and oxygen atoms in total. The molecular formula is C14H18N2O2S. The Bertz CT molecular complexity index is 504. The maximum absolute atomic E-state index is 11.4. The summed E-state index contributed by atoms with van der Waals surface area (Å²) in [4.78, 5) is 13.4. The number of carbonyl (C=O) groups is 1. The van der Waals surface area contributed by atoms with Crippen LogP contribution in [0.15, 0.2) is 24.3 Å². The highest BCUT2D eigenvalue weighted by Gasteiger charge is 2.35. The number of hydrogen-bond donors (Lipinski definition) is 2. The van der Waals surface area contributed by atoms with E-state index >= 15 is 0 Å². The molecule has 1 heterocycles. The molecule has 2 rings (SSSR count). The number of benzene rings is 1. The highest BCUT2D eigenvalue weighted by Crippen LogP contribution is 2.38. The second kappa shape index (κ2) is 5.57. The van der Waals surface area contributed by atoms with Crippen LogP contribution in [0.4, 0.5) is 5.69 Å². The van der Waals surface area contributed by atoms with E-state index in [2.05, 4.69) is 5.32 Å². The van der Waals surface area contributed by atoms with Crippen LogP contribution < -0.4 is 10.2 Å². The smallest absolute Gasteiger partial charge is 0.311 e. The summed E-state index contributed by atoms with van der Waals surface area (Å²) in [6.45, 7) is 4.76. The Balaban J connectivity index is 2.44. The fourth-order valence-electron chi connectivity index (χ4n) is 2.59. The number of fused-ring (bicyclic) bond motifs is 1. The van der Waals surface area contributed by atoms with Crippen molar-refractivity contribution in [2.75, 3.05) is 11.4 Å². The molecule has 1 aromatic rings. The maximum atomic E-state index is 11.4. The third-order valence-electron chi connectivity index (χ3n) is 3.43. The Labute approximate surface area is 118 Å². The summed E-state index contributed by atoms with van der Waals surface area (Å²) >= 11 is 5.40. The van der Waals surface area contributed by atoms with E-state index in [1.165, 1.54) is 0 Å². The predicted molar refractivity (Wildman–Crippen MR) is 79.7 cm³/mol. The number of anilines is 1. The van der Waals surface area contributed by atoms with Crippen LogP contribution >= 0.6 is 12.2 Å². The zero-order valence-corrected chi connectivity index (χ0v) is 11.9. The van der Waals surface area contributed by atoms with Gasteiger partial charge in [0.15, 0.2) is 5.11 Å². The lowest BCUT2D eigenvalue weighted by Gasteiger charge is -2.39. The van der Waals surface area contributed by atoms with Crippen molar-refractivity contribution in [1.29, 1.82) is 0 Å². The molecule has 1 aromatic carbocycles. The van der Waals surface area contributed by atoms with Crippen LogP contribution in [0, 0.1) is 0 Å². The van der Waals surface area contributed by atoms with E-state index < -0.39 is 11.9 Å². The first-order chi connectivity index (χ1) is 9.06. The number of nitrogens with zero attached hydrogens (tertiary/aromatic N) is 1.